The number of thioether (sulfide) groups is 1. The minimum absolute atomic E-state index is 0.00149. The van der Waals surface area contributed by atoms with Crippen LogP contribution < -0.4 is 0 Å². The molecule has 1 fully saturated rings. The highest BCUT2D eigenvalue weighted by Crippen LogP contribution is 2.34. The van der Waals surface area contributed by atoms with Crippen LogP contribution in [-0.4, -0.2) is 41.7 Å². The molecule has 0 bridgehead atoms. The van der Waals surface area contributed by atoms with Crippen LogP contribution in [0.25, 0.3) is 5.57 Å². The van der Waals surface area contributed by atoms with Crippen LogP contribution in [0.2, 0.25) is 0 Å². The SMILES string of the molecule is CCOC(=O)/C(=C1\SCCCN1C)c1ccc([N+](=O)[O-])cc1. The Hall–Kier alpha value is -2.02. The first-order chi connectivity index (χ1) is 10.5. The van der Waals surface area contributed by atoms with Gasteiger partial charge in [0.2, 0.25) is 0 Å². The molecule has 0 radical (unpaired) electrons. The number of hydrogen-bond acceptors (Lipinski definition) is 6. The van der Waals surface area contributed by atoms with E-state index in [4.69, 9.17) is 4.74 Å². The van der Waals surface area contributed by atoms with Crippen molar-refractivity contribution in [2.24, 2.45) is 0 Å². The molecule has 22 heavy (non-hydrogen) atoms. The van der Waals surface area contributed by atoms with E-state index < -0.39 is 10.9 Å². The lowest BCUT2D eigenvalue weighted by atomic mass is 10.1. The van der Waals surface area contributed by atoms with E-state index in [1.54, 1.807) is 30.8 Å². The van der Waals surface area contributed by atoms with Gasteiger partial charge in [-0.15, -0.1) is 11.8 Å². The first kappa shape index (κ1) is 16.4. The zero-order valence-corrected chi connectivity index (χ0v) is 13.4. The third-order valence-electron chi connectivity index (χ3n) is 3.28. The molecule has 0 saturated carbocycles. The highest BCUT2D eigenvalue weighted by atomic mass is 32.2. The van der Waals surface area contributed by atoms with Crippen molar-refractivity contribution in [3.05, 3.63) is 45.0 Å². The van der Waals surface area contributed by atoms with Crippen molar-refractivity contribution < 1.29 is 14.5 Å². The van der Waals surface area contributed by atoms with Gasteiger partial charge in [0.1, 0.15) is 0 Å². The van der Waals surface area contributed by atoms with Crippen LogP contribution in [-0.2, 0) is 9.53 Å². The molecule has 118 valence electrons. The van der Waals surface area contributed by atoms with Crippen molar-refractivity contribution in [2.45, 2.75) is 13.3 Å². The molecule has 0 spiro atoms. The molecule has 0 atom stereocenters. The fraction of sp³-hybridized carbons (Fsp3) is 0.400. The summed E-state index contributed by atoms with van der Waals surface area (Å²) in [5.74, 6) is 0.544. The highest BCUT2D eigenvalue weighted by Gasteiger charge is 2.24. The van der Waals surface area contributed by atoms with Gasteiger partial charge in [0.05, 0.1) is 22.1 Å². The van der Waals surface area contributed by atoms with Gasteiger partial charge in [-0.05, 0) is 31.0 Å². The molecule has 0 amide bonds. The van der Waals surface area contributed by atoms with Crippen molar-refractivity contribution in [1.82, 2.24) is 4.90 Å². The minimum Gasteiger partial charge on any atom is -0.462 e. The summed E-state index contributed by atoms with van der Waals surface area (Å²) in [5.41, 5.74) is 1.12. The summed E-state index contributed by atoms with van der Waals surface area (Å²) < 4.78 is 5.17. The van der Waals surface area contributed by atoms with Gasteiger partial charge in [0, 0.05) is 31.5 Å². The van der Waals surface area contributed by atoms with Crippen LogP contribution in [0, 0.1) is 10.1 Å². The number of ether oxygens (including phenoxy) is 1. The maximum atomic E-state index is 12.4. The second kappa shape index (κ2) is 7.31. The van der Waals surface area contributed by atoms with E-state index in [1.807, 2.05) is 11.9 Å². The van der Waals surface area contributed by atoms with Crippen molar-refractivity contribution in [2.75, 3.05) is 26.0 Å². The predicted molar refractivity (Wildman–Crippen MR) is 86.4 cm³/mol. The Bertz CT molecular complexity index is 598. The molecule has 1 aliphatic heterocycles. The summed E-state index contributed by atoms with van der Waals surface area (Å²) in [7, 11) is 1.94. The molecule has 6 nitrogen and oxygen atoms in total. The van der Waals surface area contributed by atoms with E-state index >= 15 is 0 Å². The van der Waals surface area contributed by atoms with Crippen LogP contribution in [0.4, 0.5) is 5.69 Å². The summed E-state index contributed by atoms with van der Waals surface area (Å²) >= 11 is 1.61. The quantitative estimate of drug-likeness (QED) is 0.367. The monoisotopic (exact) mass is 322 g/mol. The van der Waals surface area contributed by atoms with Gasteiger partial charge in [-0.25, -0.2) is 4.79 Å². The lowest BCUT2D eigenvalue weighted by Crippen LogP contribution is -2.25. The Morgan fingerprint density at radius 1 is 1.41 bits per heavy atom. The number of nitrogens with zero attached hydrogens (tertiary/aromatic N) is 2. The number of carbonyl (C=O) groups is 1. The first-order valence-corrected chi connectivity index (χ1v) is 8.03. The van der Waals surface area contributed by atoms with E-state index in [1.165, 1.54) is 12.1 Å². The first-order valence-electron chi connectivity index (χ1n) is 7.04. The number of non-ortho nitro benzene ring substituents is 1. The number of hydrogen-bond donors (Lipinski definition) is 0. The van der Waals surface area contributed by atoms with E-state index in [9.17, 15) is 14.9 Å². The Balaban J connectivity index is 2.46. The van der Waals surface area contributed by atoms with Crippen molar-refractivity contribution in [1.29, 1.82) is 0 Å². The fourth-order valence-electron chi connectivity index (χ4n) is 2.23. The standard InChI is InChI=1S/C15H18N2O4S/c1-3-21-15(18)13(14-16(2)9-4-10-22-14)11-5-7-12(8-6-11)17(19)20/h5-8H,3-4,9-10H2,1-2H3/b14-13-. The molecule has 0 N–H and O–H groups in total. The van der Waals surface area contributed by atoms with Crippen LogP contribution >= 0.6 is 11.8 Å². The smallest absolute Gasteiger partial charge is 0.341 e. The average molecular weight is 322 g/mol. The molecule has 0 aliphatic carbocycles. The van der Waals surface area contributed by atoms with E-state index in [0.29, 0.717) is 11.1 Å². The molecule has 7 heteroatoms. The summed E-state index contributed by atoms with van der Waals surface area (Å²) in [4.78, 5) is 24.7. The Morgan fingerprint density at radius 3 is 2.64 bits per heavy atom. The molecular weight excluding hydrogens is 304 g/mol. The Kier molecular flexibility index (Phi) is 5.43. The molecule has 1 heterocycles. The third-order valence-corrected chi connectivity index (χ3v) is 4.57. The van der Waals surface area contributed by atoms with Gasteiger partial charge in [-0.2, -0.15) is 0 Å². The van der Waals surface area contributed by atoms with Gasteiger partial charge in [0.15, 0.2) is 0 Å². The predicted octanol–water partition coefficient (Wildman–Crippen LogP) is 2.90. The highest BCUT2D eigenvalue weighted by molar-refractivity contribution is 8.03. The maximum Gasteiger partial charge on any atom is 0.341 e. The zero-order valence-electron chi connectivity index (χ0n) is 12.6. The molecule has 0 aromatic heterocycles. The number of esters is 1. The van der Waals surface area contributed by atoms with Crippen LogP contribution in [0.15, 0.2) is 29.3 Å². The topological polar surface area (TPSA) is 72.7 Å². The van der Waals surface area contributed by atoms with Gasteiger partial charge in [-0.3, -0.25) is 10.1 Å². The van der Waals surface area contributed by atoms with Crippen LogP contribution in [0.5, 0.6) is 0 Å². The third kappa shape index (κ3) is 3.59. The average Bonchev–Trinajstić information content (AvgIpc) is 2.50. The zero-order chi connectivity index (χ0) is 16.1. The lowest BCUT2D eigenvalue weighted by molar-refractivity contribution is -0.384. The molecule has 0 unspecified atom stereocenters. The van der Waals surface area contributed by atoms with Crippen molar-refractivity contribution in [3.63, 3.8) is 0 Å². The number of benzene rings is 1. The second-order valence-corrected chi connectivity index (χ2v) is 5.91. The number of nitro benzene ring substituents is 1. The molecule has 1 aromatic carbocycles. The van der Waals surface area contributed by atoms with Crippen molar-refractivity contribution in [3.8, 4) is 0 Å². The van der Waals surface area contributed by atoms with Gasteiger partial charge < -0.3 is 9.64 Å². The van der Waals surface area contributed by atoms with Crippen LogP contribution in [0.1, 0.15) is 18.9 Å². The molecule has 1 aliphatic rings. The fourth-order valence-corrected chi connectivity index (χ4v) is 3.35. The Morgan fingerprint density at radius 2 is 2.09 bits per heavy atom. The summed E-state index contributed by atoms with van der Waals surface area (Å²) in [6, 6.07) is 6.01. The molecule has 1 saturated heterocycles. The van der Waals surface area contributed by atoms with E-state index in [2.05, 4.69) is 0 Å². The van der Waals surface area contributed by atoms with Gasteiger partial charge in [-0.1, -0.05) is 0 Å². The molecule has 2 rings (SSSR count). The van der Waals surface area contributed by atoms with Crippen LogP contribution in [0.3, 0.4) is 0 Å². The lowest BCUT2D eigenvalue weighted by Gasteiger charge is -2.29. The van der Waals surface area contributed by atoms with E-state index in [-0.39, 0.29) is 12.3 Å². The molecular formula is C15H18N2O4S. The van der Waals surface area contributed by atoms with Gasteiger partial charge >= 0.3 is 5.97 Å². The van der Waals surface area contributed by atoms with Gasteiger partial charge in [0.25, 0.3) is 5.69 Å². The maximum absolute atomic E-state index is 12.4. The van der Waals surface area contributed by atoms with E-state index in [0.717, 1.165) is 23.7 Å². The van der Waals surface area contributed by atoms with Crippen molar-refractivity contribution >= 4 is 29.0 Å². The Labute approximate surface area is 133 Å². The largest absolute Gasteiger partial charge is 0.462 e. The normalized spacial score (nSPS) is 17.1. The number of rotatable bonds is 4. The summed E-state index contributed by atoms with van der Waals surface area (Å²) in [6.07, 6.45) is 1.06. The number of carbonyl (C=O) groups excluding carboxylic acids is 1. The summed E-state index contributed by atoms with van der Waals surface area (Å²) in [5, 5.41) is 11.6. The summed E-state index contributed by atoms with van der Waals surface area (Å²) in [6.45, 7) is 2.92. The minimum atomic E-state index is -0.456. The molecule has 1 aromatic rings. The second-order valence-electron chi connectivity index (χ2n) is 4.83. The number of nitro groups is 1.